The highest BCUT2D eigenvalue weighted by molar-refractivity contribution is 5.96. The zero-order chi connectivity index (χ0) is 13.1. The molecule has 2 N–H and O–H groups in total. The molecule has 2 aromatic rings. The number of hydrogen-bond donors (Lipinski definition) is 2. The number of carbonyl (C=O) groups is 2. The number of hydrogen-bond acceptors (Lipinski definition) is 2. The van der Waals surface area contributed by atoms with Gasteiger partial charge in [0.15, 0.2) is 0 Å². The predicted octanol–water partition coefficient (Wildman–Crippen LogP) is 1.66. The average molecular weight is 245 g/mol. The maximum atomic E-state index is 11.9. The van der Waals surface area contributed by atoms with Crippen LogP contribution < -0.4 is 10.6 Å². The van der Waals surface area contributed by atoms with E-state index in [1.807, 2.05) is 41.1 Å². The van der Waals surface area contributed by atoms with E-state index in [4.69, 9.17) is 0 Å². The first-order valence-corrected chi connectivity index (χ1v) is 5.71. The Labute approximate surface area is 105 Å². The van der Waals surface area contributed by atoms with Crippen molar-refractivity contribution in [2.24, 2.45) is 0 Å². The Hall–Kier alpha value is -2.30. The van der Waals surface area contributed by atoms with Gasteiger partial charge in [-0.15, -0.1) is 0 Å². The minimum Gasteiger partial charge on any atom is -0.341 e. The van der Waals surface area contributed by atoms with E-state index >= 15 is 0 Å². The normalized spacial score (nSPS) is 12.1. The standard InChI is InChI=1S/C13H15N3O2/c1-9(12(17)15-13(18)14-2)16-8-7-10-5-3-4-6-11(10)16/h3-9H,1-2H3,(H2,14,15,17,18). The second kappa shape index (κ2) is 4.91. The average Bonchev–Trinajstić information content (AvgIpc) is 2.81. The van der Waals surface area contributed by atoms with Crippen LogP contribution in [0.4, 0.5) is 4.79 Å². The van der Waals surface area contributed by atoms with Gasteiger partial charge in [0, 0.05) is 18.8 Å². The Morgan fingerprint density at radius 2 is 1.94 bits per heavy atom. The summed E-state index contributed by atoms with van der Waals surface area (Å²) in [6.07, 6.45) is 1.85. The fourth-order valence-electron chi connectivity index (χ4n) is 1.85. The number of imide groups is 1. The van der Waals surface area contributed by atoms with Crippen LogP contribution in [0.3, 0.4) is 0 Å². The maximum absolute atomic E-state index is 11.9. The molecule has 0 aliphatic rings. The Bertz CT molecular complexity index is 589. The molecule has 18 heavy (non-hydrogen) atoms. The largest absolute Gasteiger partial charge is 0.341 e. The first-order valence-electron chi connectivity index (χ1n) is 5.71. The van der Waals surface area contributed by atoms with Crippen LogP contribution in [0.5, 0.6) is 0 Å². The van der Waals surface area contributed by atoms with Gasteiger partial charge in [-0.2, -0.15) is 0 Å². The Kier molecular flexibility index (Phi) is 3.32. The van der Waals surface area contributed by atoms with E-state index in [2.05, 4.69) is 10.6 Å². The van der Waals surface area contributed by atoms with Crippen LogP contribution in [0.15, 0.2) is 36.5 Å². The summed E-state index contributed by atoms with van der Waals surface area (Å²) in [4.78, 5) is 23.0. The van der Waals surface area contributed by atoms with E-state index in [1.165, 1.54) is 7.05 Å². The minimum atomic E-state index is -0.497. The third-order valence-corrected chi connectivity index (χ3v) is 2.89. The topological polar surface area (TPSA) is 63.1 Å². The summed E-state index contributed by atoms with van der Waals surface area (Å²) >= 11 is 0. The summed E-state index contributed by atoms with van der Waals surface area (Å²) in [5.74, 6) is -0.337. The molecule has 1 aromatic carbocycles. The summed E-state index contributed by atoms with van der Waals surface area (Å²) in [7, 11) is 1.47. The molecule has 0 aliphatic carbocycles. The predicted molar refractivity (Wildman–Crippen MR) is 69.2 cm³/mol. The second-order valence-electron chi connectivity index (χ2n) is 4.03. The third-order valence-electron chi connectivity index (χ3n) is 2.89. The molecule has 0 radical (unpaired) electrons. The fraction of sp³-hybridized carbons (Fsp3) is 0.231. The van der Waals surface area contributed by atoms with Crippen LogP contribution in [0.1, 0.15) is 13.0 Å². The summed E-state index contributed by atoms with van der Waals surface area (Å²) in [6.45, 7) is 1.75. The van der Waals surface area contributed by atoms with Crippen molar-refractivity contribution < 1.29 is 9.59 Å². The summed E-state index contributed by atoms with van der Waals surface area (Å²) < 4.78 is 1.84. The lowest BCUT2D eigenvalue weighted by atomic mass is 10.2. The molecule has 2 rings (SSSR count). The fourth-order valence-corrected chi connectivity index (χ4v) is 1.85. The zero-order valence-corrected chi connectivity index (χ0v) is 10.3. The highest BCUT2D eigenvalue weighted by atomic mass is 16.2. The lowest BCUT2D eigenvalue weighted by Crippen LogP contribution is -2.40. The van der Waals surface area contributed by atoms with Crippen LogP contribution in [-0.4, -0.2) is 23.6 Å². The van der Waals surface area contributed by atoms with Crippen molar-refractivity contribution in [2.75, 3.05) is 7.05 Å². The SMILES string of the molecule is CNC(=O)NC(=O)C(C)n1ccc2ccccc21. The highest BCUT2D eigenvalue weighted by Gasteiger charge is 2.17. The van der Waals surface area contributed by atoms with Gasteiger partial charge in [0.1, 0.15) is 6.04 Å². The van der Waals surface area contributed by atoms with Gasteiger partial charge in [-0.1, -0.05) is 18.2 Å². The van der Waals surface area contributed by atoms with Crippen LogP contribution in [0.25, 0.3) is 10.9 Å². The van der Waals surface area contributed by atoms with Crippen LogP contribution in [0.2, 0.25) is 0 Å². The van der Waals surface area contributed by atoms with Gasteiger partial charge in [-0.3, -0.25) is 10.1 Å². The molecule has 3 amide bonds. The van der Waals surface area contributed by atoms with Crippen LogP contribution in [0, 0.1) is 0 Å². The number of para-hydroxylation sites is 1. The highest BCUT2D eigenvalue weighted by Crippen LogP contribution is 2.19. The van der Waals surface area contributed by atoms with E-state index in [0.29, 0.717) is 0 Å². The van der Waals surface area contributed by atoms with Crippen LogP contribution in [-0.2, 0) is 4.79 Å². The lowest BCUT2D eigenvalue weighted by Gasteiger charge is -2.14. The zero-order valence-electron chi connectivity index (χ0n) is 10.3. The van der Waals surface area contributed by atoms with Crippen molar-refractivity contribution in [1.29, 1.82) is 0 Å². The van der Waals surface area contributed by atoms with E-state index in [0.717, 1.165) is 10.9 Å². The van der Waals surface area contributed by atoms with Crippen molar-refractivity contribution in [3.05, 3.63) is 36.5 Å². The molecule has 94 valence electrons. The molecule has 0 saturated carbocycles. The number of rotatable bonds is 2. The monoisotopic (exact) mass is 245 g/mol. The van der Waals surface area contributed by atoms with E-state index in [-0.39, 0.29) is 5.91 Å². The van der Waals surface area contributed by atoms with Crippen molar-refractivity contribution in [3.8, 4) is 0 Å². The smallest absolute Gasteiger partial charge is 0.321 e. The first kappa shape index (κ1) is 12.2. The van der Waals surface area contributed by atoms with Gasteiger partial charge < -0.3 is 9.88 Å². The number of urea groups is 1. The number of nitrogens with zero attached hydrogens (tertiary/aromatic N) is 1. The minimum absolute atomic E-state index is 0.337. The van der Waals surface area contributed by atoms with E-state index in [1.54, 1.807) is 6.92 Å². The molecule has 1 unspecified atom stereocenters. The number of carbonyl (C=O) groups excluding carboxylic acids is 2. The molecule has 0 saturated heterocycles. The van der Waals surface area contributed by atoms with Gasteiger partial charge >= 0.3 is 6.03 Å². The molecular formula is C13H15N3O2. The molecule has 5 nitrogen and oxygen atoms in total. The quantitative estimate of drug-likeness (QED) is 0.845. The maximum Gasteiger partial charge on any atom is 0.321 e. The van der Waals surface area contributed by atoms with E-state index < -0.39 is 12.1 Å². The molecule has 5 heteroatoms. The molecule has 0 aliphatic heterocycles. The number of aromatic nitrogens is 1. The van der Waals surface area contributed by atoms with Crippen molar-refractivity contribution >= 4 is 22.8 Å². The third kappa shape index (κ3) is 2.20. The molecule has 1 heterocycles. The second-order valence-corrected chi connectivity index (χ2v) is 4.03. The van der Waals surface area contributed by atoms with Gasteiger partial charge in [-0.25, -0.2) is 4.79 Å². The Morgan fingerprint density at radius 1 is 1.22 bits per heavy atom. The molecule has 1 atom stereocenters. The first-order chi connectivity index (χ1) is 8.63. The molecule has 1 aromatic heterocycles. The Balaban J connectivity index is 2.25. The molecular weight excluding hydrogens is 230 g/mol. The van der Waals surface area contributed by atoms with E-state index in [9.17, 15) is 9.59 Å². The Morgan fingerprint density at radius 3 is 2.67 bits per heavy atom. The van der Waals surface area contributed by atoms with Crippen molar-refractivity contribution in [1.82, 2.24) is 15.2 Å². The summed E-state index contributed by atoms with van der Waals surface area (Å²) in [5.41, 5.74) is 0.969. The molecule has 0 fully saturated rings. The van der Waals surface area contributed by atoms with Crippen molar-refractivity contribution in [3.63, 3.8) is 0 Å². The van der Waals surface area contributed by atoms with Gasteiger partial charge in [-0.05, 0) is 24.4 Å². The van der Waals surface area contributed by atoms with Crippen molar-refractivity contribution in [2.45, 2.75) is 13.0 Å². The van der Waals surface area contributed by atoms with Gasteiger partial charge in [0.25, 0.3) is 5.91 Å². The number of benzene rings is 1. The number of amides is 3. The molecule has 0 bridgehead atoms. The lowest BCUT2D eigenvalue weighted by molar-refractivity contribution is -0.122. The van der Waals surface area contributed by atoms with Gasteiger partial charge in [0.2, 0.25) is 0 Å². The number of nitrogens with one attached hydrogen (secondary N) is 2. The molecule has 0 spiro atoms. The van der Waals surface area contributed by atoms with Crippen LogP contribution >= 0.6 is 0 Å². The van der Waals surface area contributed by atoms with Gasteiger partial charge in [0.05, 0.1) is 0 Å². The summed E-state index contributed by atoms with van der Waals surface area (Å²) in [5, 5.41) is 5.69. The summed E-state index contributed by atoms with van der Waals surface area (Å²) in [6, 6.07) is 8.79. The number of fused-ring (bicyclic) bond motifs is 1.